The normalized spacial score (nSPS) is 12.8. The SMILES string of the molecule is CCCCCC(O)c1ncccc1C. The number of pyridine rings is 1. The smallest absolute Gasteiger partial charge is 0.0962 e. The number of aliphatic hydroxyl groups is 1. The molecule has 2 nitrogen and oxygen atoms in total. The number of aromatic nitrogens is 1. The summed E-state index contributed by atoms with van der Waals surface area (Å²) in [5, 5.41) is 9.87. The third-order valence-electron chi connectivity index (χ3n) is 2.45. The summed E-state index contributed by atoms with van der Waals surface area (Å²) in [6.45, 7) is 4.16. The van der Waals surface area contributed by atoms with E-state index in [0.717, 1.165) is 24.1 Å². The molecule has 1 rings (SSSR count). The lowest BCUT2D eigenvalue weighted by molar-refractivity contribution is 0.158. The van der Waals surface area contributed by atoms with Gasteiger partial charge in [-0.05, 0) is 25.0 Å². The summed E-state index contributed by atoms with van der Waals surface area (Å²) in [5.41, 5.74) is 1.92. The Labute approximate surface area is 86.0 Å². The molecule has 78 valence electrons. The maximum Gasteiger partial charge on any atom is 0.0962 e. The highest BCUT2D eigenvalue weighted by Crippen LogP contribution is 2.20. The van der Waals surface area contributed by atoms with Crippen molar-refractivity contribution in [3.8, 4) is 0 Å². The van der Waals surface area contributed by atoms with Crippen LogP contribution >= 0.6 is 0 Å². The Kier molecular flexibility index (Phi) is 4.60. The Hall–Kier alpha value is -0.890. The van der Waals surface area contributed by atoms with Gasteiger partial charge in [0.25, 0.3) is 0 Å². The number of rotatable bonds is 5. The molecule has 0 saturated carbocycles. The molecule has 2 heteroatoms. The first-order chi connectivity index (χ1) is 6.75. The summed E-state index contributed by atoms with van der Waals surface area (Å²) in [7, 11) is 0. The topological polar surface area (TPSA) is 33.1 Å². The predicted octanol–water partition coefficient (Wildman–Crippen LogP) is 3.00. The van der Waals surface area contributed by atoms with Crippen LogP contribution in [0, 0.1) is 6.92 Å². The average Bonchev–Trinajstić information content (AvgIpc) is 2.18. The summed E-state index contributed by atoms with van der Waals surface area (Å²) in [4.78, 5) is 4.21. The van der Waals surface area contributed by atoms with Crippen LogP contribution in [0.1, 0.15) is 50.0 Å². The number of hydrogen-bond donors (Lipinski definition) is 1. The highest BCUT2D eigenvalue weighted by atomic mass is 16.3. The summed E-state index contributed by atoms with van der Waals surface area (Å²) >= 11 is 0. The Balaban J connectivity index is 2.51. The van der Waals surface area contributed by atoms with Crippen LogP contribution < -0.4 is 0 Å². The molecular weight excluding hydrogens is 174 g/mol. The Morgan fingerprint density at radius 1 is 1.43 bits per heavy atom. The fourth-order valence-corrected chi connectivity index (χ4v) is 1.57. The van der Waals surface area contributed by atoms with Crippen LogP contribution in [-0.2, 0) is 0 Å². The molecule has 0 saturated heterocycles. The molecule has 1 unspecified atom stereocenters. The highest BCUT2D eigenvalue weighted by molar-refractivity contribution is 5.19. The van der Waals surface area contributed by atoms with Gasteiger partial charge in [-0.3, -0.25) is 4.98 Å². The molecule has 0 fully saturated rings. The van der Waals surface area contributed by atoms with Crippen molar-refractivity contribution in [1.29, 1.82) is 0 Å². The lowest BCUT2D eigenvalue weighted by Crippen LogP contribution is -2.02. The van der Waals surface area contributed by atoms with E-state index in [1.54, 1.807) is 6.20 Å². The summed E-state index contributed by atoms with van der Waals surface area (Å²) in [5.74, 6) is 0. The van der Waals surface area contributed by atoms with E-state index in [1.807, 2.05) is 19.1 Å². The molecule has 1 aromatic heterocycles. The fourth-order valence-electron chi connectivity index (χ4n) is 1.57. The van der Waals surface area contributed by atoms with Gasteiger partial charge in [0.2, 0.25) is 0 Å². The zero-order valence-electron chi connectivity index (χ0n) is 9.03. The standard InChI is InChI=1S/C12H19NO/c1-3-4-5-8-11(14)12-10(2)7-6-9-13-12/h6-7,9,11,14H,3-5,8H2,1-2H3. The van der Waals surface area contributed by atoms with Crippen LogP contribution in [0.25, 0.3) is 0 Å². The van der Waals surface area contributed by atoms with Gasteiger partial charge in [-0.15, -0.1) is 0 Å². The first-order valence-electron chi connectivity index (χ1n) is 5.35. The first kappa shape index (κ1) is 11.2. The Bertz CT molecular complexity index is 273. The maximum absolute atomic E-state index is 9.87. The fraction of sp³-hybridized carbons (Fsp3) is 0.583. The predicted molar refractivity (Wildman–Crippen MR) is 58.1 cm³/mol. The highest BCUT2D eigenvalue weighted by Gasteiger charge is 2.10. The zero-order chi connectivity index (χ0) is 10.4. The van der Waals surface area contributed by atoms with E-state index < -0.39 is 0 Å². The lowest BCUT2D eigenvalue weighted by Gasteiger charge is -2.11. The third kappa shape index (κ3) is 3.11. The lowest BCUT2D eigenvalue weighted by atomic mass is 10.0. The van der Waals surface area contributed by atoms with Gasteiger partial charge in [0.1, 0.15) is 0 Å². The van der Waals surface area contributed by atoms with Gasteiger partial charge < -0.3 is 5.11 Å². The van der Waals surface area contributed by atoms with E-state index in [0.29, 0.717) is 0 Å². The molecule has 0 bridgehead atoms. The minimum Gasteiger partial charge on any atom is -0.387 e. The van der Waals surface area contributed by atoms with Gasteiger partial charge in [-0.2, -0.15) is 0 Å². The van der Waals surface area contributed by atoms with E-state index in [4.69, 9.17) is 0 Å². The van der Waals surface area contributed by atoms with Crippen LogP contribution in [0.15, 0.2) is 18.3 Å². The van der Waals surface area contributed by atoms with Crippen molar-refractivity contribution in [2.45, 2.75) is 45.6 Å². The largest absolute Gasteiger partial charge is 0.387 e. The summed E-state index contributed by atoms with van der Waals surface area (Å²) < 4.78 is 0. The third-order valence-corrected chi connectivity index (χ3v) is 2.45. The quantitative estimate of drug-likeness (QED) is 0.729. The van der Waals surface area contributed by atoms with Crippen LogP contribution in [0.2, 0.25) is 0 Å². The second kappa shape index (κ2) is 5.76. The molecule has 0 aliphatic rings. The molecule has 1 aromatic rings. The van der Waals surface area contributed by atoms with E-state index in [2.05, 4.69) is 11.9 Å². The Morgan fingerprint density at radius 2 is 2.21 bits per heavy atom. The van der Waals surface area contributed by atoms with E-state index in [9.17, 15) is 5.11 Å². The van der Waals surface area contributed by atoms with Crippen molar-refractivity contribution < 1.29 is 5.11 Å². The van der Waals surface area contributed by atoms with E-state index in [-0.39, 0.29) is 6.10 Å². The van der Waals surface area contributed by atoms with Crippen molar-refractivity contribution in [2.24, 2.45) is 0 Å². The van der Waals surface area contributed by atoms with Crippen molar-refractivity contribution >= 4 is 0 Å². The van der Waals surface area contributed by atoms with Crippen molar-refractivity contribution in [1.82, 2.24) is 4.98 Å². The molecule has 14 heavy (non-hydrogen) atoms. The number of unbranched alkanes of at least 4 members (excludes halogenated alkanes) is 2. The molecule has 0 aliphatic heterocycles. The minimum atomic E-state index is -0.386. The van der Waals surface area contributed by atoms with Gasteiger partial charge >= 0.3 is 0 Å². The number of aryl methyl sites for hydroxylation is 1. The summed E-state index contributed by atoms with van der Waals surface area (Å²) in [6, 6.07) is 3.89. The maximum atomic E-state index is 9.87. The molecule has 0 radical (unpaired) electrons. The van der Waals surface area contributed by atoms with E-state index in [1.165, 1.54) is 12.8 Å². The molecular formula is C12H19NO. The van der Waals surface area contributed by atoms with Gasteiger partial charge in [0.15, 0.2) is 0 Å². The average molecular weight is 193 g/mol. The second-order valence-electron chi connectivity index (χ2n) is 3.72. The van der Waals surface area contributed by atoms with Crippen molar-refractivity contribution in [3.05, 3.63) is 29.6 Å². The molecule has 0 aromatic carbocycles. The zero-order valence-corrected chi connectivity index (χ0v) is 9.03. The van der Waals surface area contributed by atoms with Gasteiger partial charge in [0, 0.05) is 6.20 Å². The van der Waals surface area contributed by atoms with Crippen LogP contribution in [0.4, 0.5) is 0 Å². The molecule has 1 atom stereocenters. The van der Waals surface area contributed by atoms with Crippen LogP contribution in [-0.4, -0.2) is 10.1 Å². The first-order valence-corrected chi connectivity index (χ1v) is 5.35. The molecule has 1 N–H and O–H groups in total. The monoisotopic (exact) mass is 193 g/mol. The molecule has 0 spiro atoms. The molecule has 0 aliphatic carbocycles. The Morgan fingerprint density at radius 3 is 2.86 bits per heavy atom. The van der Waals surface area contributed by atoms with Crippen LogP contribution in [0.3, 0.4) is 0 Å². The second-order valence-corrected chi connectivity index (χ2v) is 3.72. The number of nitrogens with zero attached hydrogens (tertiary/aromatic N) is 1. The van der Waals surface area contributed by atoms with Gasteiger partial charge in [-0.1, -0.05) is 32.3 Å². The van der Waals surface area contributed by atoms with Crippen molar-refractivity contribution in [2.75, 3.05) is 0 Å². The molecule has 0 amide bonds. The minimum absolute atomic E-state index is 0.386. The van der Waals surface area contributed by atoms with Gasteiger partial charge in [-0.25, -0.2) is 0 Å². The van der Waals surface area contributed by atoms with Gasteiger partial charge in [0.05, 0.1) is 11.8 Å². The van der Waals surface area contributed by atoms with Crippen LogP contribution in [0.5, 0.6) is 0 Å². The summed E-state index contributed by atoms with van der Waals surface area (Å²) in [6.07, 6.45) is 5.63. The number of aliphatic hydroxyl groups excluding tert-OH is 1. The number of hydrogen-bond acceptors (Lipinski definition) is 2. The van der Waals surface area contributed by atoms with E-state index >= 15 is 0 Å². The van der Waals surface area contributed by atoms with Crippen molar-refractivity contribution in [3.63, 3.8) is 0 Å². The molecule has 1 heterocycles.